The molecular formula is C16H18N6OS. The van der Waals surface area contributed by atoms with Crippen molar-refractivity contribution in [2.45, 2.75) is 0 Å². The van der Waals surface area contributed by atoms with Crippen molar-refractivity contribution in [1.82, 2.24) is 20.0 Å². The van der Waals surface area contributed by atoms with Crippen LogP contribution in [0.4, 0.5) is 10.8 Å². The van der Waals surface area contributed by atoms with E-state index in [0.29, 0.717) is 0 Å². The van der Waals surface area contributed by atoms with Gasteiger partial charge in [0.05, 0.1) is 11.9 Å². The Labute approximate surface area is 143 Å². The van der Waals surface area contributed by atoms with E-state index in [1.807, 2.05) is 36.3 Å². The molecular weight excluding hydrogens is 324 g/mol. The highest BCUT2D eigenvalue weighted by Gasteiger charge is 2.21. The molecule has 0 bridgehead atoms. The number of hydrogen-bond donors (Lipinski definition) is 1. The molecule has 24 heavy (non-hydrogen) atoms. The molecule has 0 aliphatic carbocycles. The molecule has 0 atom stereocenters. The summed E-state index contributed by atoms with van der Waals surface area (Å²) in [5, 5.41) is 24.1. The van der Waals surface area contributed by atoms with Gasteiger partial charge >= 0.3 is 0 Å². The first-order chi connectivity index (χ1) is 11.7. The van der Waals surface area contributed by atoms with E-state index in [9.17, 15) is 5.11 Å². The van der Waals surface area contributed by atoms with Crippen molar-refractivity contribution in [2.24, 2.45) is 7.05 Å². The predicted molar refractivity (Wildman–Crippen MR) is 94.6 cm³/mol. The molecule has 2 aromatic heterocycles. The Balaban J connectivity index is 1.43. The maximum Gasteiger partial charge on any atom is 0.208 e. The Morgan fingerprint density at radius 2 is 1.71 bits per heavy atom. The van der Waals surface area contributed by atoms with E-state index in [0.717, 1.165) is 41.9 Å². The quantitative estimate of drug-likeness (QED) is 0.785. The molecule has 4 rings (SSSR count). The number of hydrogen-bond acceptors (Lipinski definition) is 7. The number of phenols is 1. The van der Waals surface area contributed by atoms with Crippen LogP contribution < -0.4 is 9.80 Å². The van der Waals surface area contributed by atoms with Crippen LogP contribution in [0.3, 0.4) is 0 Å². The number of nitrogens with zero attached hydrogens (tertiary/aromatic N) is 6. The van der Waals surface area contributed by atoms with Gasteiger partial charge < -0.3 is 14.9 Å². The molecule has 1 fully saturated rings. The lowest BCUT2D eigenvalue weighted by Crippen LogP contribution is -2.46. The van der Waals surface area contributed by atoms with E-state index in [4.69, 9.17) is 0 Å². The van der Waals surface area contributed by atoms with Gasteiger partial charge in [-0.05, 0) is 24.3 Å². The highest BCUT2D eigenvalue weighted by atomic mass is 32.1. The standard InChI is InChI=1S/C16H18N6OS/c1-20-11-13(10-17-20)21-6-8-22(9-7-21)16-19-18-15(24-16)12-2-4-14(23)5-3-12/h2-5,10-11,23H,6-9H2,1H3. The van der Waals surface area contributed by atoms with Crippen LogP contribution in [0.1, 0.15) is 0 Å². The van der Waals surface area contributed by atoms with Crippen molar-refractivity contribution in [3.63, 3.8) is 0 Å². The van der Waals surface area contributed by atoms with Crippen LogP contribution in [0.15, 0.2) is 36.7 Å². The van der Waals surface area contributed by atoms with Crippen LogP contribution in [0.25, 0.3) is 10.6 Å². The largest absolute Gasteiger partial charge is 0.508 e. The monoisotopic (exact) mass is 342 g/mol. The first-order valence-corrected chi connectivity index (χ1v) is 8.62. The van der Waals surface area contributed by atoms with Gasteiger partial charge in [-0.15, -0.1) is 10.2 Å². The fourth-order valence-corrected chi connectivity index (χ4v) is 3.69. The van der Waals surface area contributed by atoms with Crippen molar-refractivity contribution in [1.29, 1.82) is 0 Å². The summed E-state index contributed by atoms with van der Waals surface area (Å²) >= 11 is 1.59. The fraction of sp³-hybridized carbons (Fsp3) is 0.312. The smallest absolute Gasteiger partial charge is 0.208 e. The SMILES string of the molecule is Cn1cc(N2CCN(c3nnc(-c4ccc(O)cc4)s3)CC2)cn1. The lowest BCUT2D eigenvalue weighted by Gasteiger charge is -2.34. The van der Waals surface area contributed by atoms with Crippen LogP contribution in [0, 0.1) is 0 Å². The number of aryl methyl sites for hydroxylation is 1. The minimum Gasteiger partial charge on any atom is -0.508 e. The number of aromatic hydroxyl groups is 1. The van der Waals surface area contributed by atoms with Gasteiger partial charge in [0.1, 0.15) is 10.8 Å². The summed E-state index contributed by atoms with van der Waals surface area (Å²) in [5.74, 6) is 0.259. The van der Waals surface area contributed by atoms with Gasteiger partial charge in [-0.2, -0.15) is 5.10 Å². The Morgan fingerprint density at radius 1 is 1.00 bits per heavy atom. The molecule has 0 saturated carbocycles. The first kappa shape index (κ1) is 14.9. The highest BCUT2D eigenvalue weighted by Crippen LogP contribution is 2.30. The van der Waals surface area contributed by atoms with Crippen molar-refractivity contribution in [3.8, 4) is 16.3 Å². The van der Waals surface area contributed by atoms with Gasteiger partial charge in [0.25, 0.3) is 0 Å². The van der Waals surface area contributed by atoms with E-state index in [2.05, 4.69) is 25.1 Å². The van der Waals surface area contributed by atoms with Gasteiger partial charge in [-0.25, -0.2) is 0 Å². The zero-order chi connectivity index (χ0) is 16.5. The average Bonchev–Trinajstić information content (AvgIpc) is 3.25. The molecule has 7 nitrogen and oxygen atoms in total. The van der Waals surface area contributed by atoms with Crippen LogP contribution in [-0.4, -0.2) is 51.3 Å². The minimum absolute atomic E-state index is 0.259. The number of benzene rings is 1. The van der Waals surface area contributed by atoms with Gasteiger partial charge in [-0.3, -0.25) is 4.68 Å². The highest BCUT2D eigenvalue weighted by molar-refractivity contribution is 7.18. The topological polar surface area (TPSA) is 70.3 Å². The van der Waals surface area contributed by atoms with Gasteiger partial charge in [0.15, 0.2) is 0 Å². The third kappa shape index (κ3) is 2.92. The third-order valence-corrected chi connectivity index (χ3v) is 5.17. The summed E-state index contributed by atoms with van der Waals surface area (Å²) in [6.45, 7) is 3.72. The summed E-state index contributed by atoms with van der Waals surface area (Å²) < 4.78 is 1.83. The van der Waals surface area contributed by atoms with Crippen molar-refractivity contribution < 1.29 is 5.11 Å². The van der Waals surface area contributed by atoms with Crippen LogP contribution in [0.5, 0.6) is 5.75 Å². The first-order valence-electron chi connectivity index (χ1n) is 7.80. The Bertz CT molecular complexity index is 819. The number of phenolic OH excluding ortho intramolecular Hbond substituents is 1. The predicted octanol–water partition coefficient (Wildman–Crippen LogP) is 1.97. The zero-order valence-corrected chi connectivity index (χ0v) is 14.1. The van der Waals surface area contributed by atoms with E-state index in [1.54, 1.807) is 23.5 Å². The van der Waals surface area contributed by atoms with Crippen molar-refractivity contribution in [3.05, 3.63) is 36.7 Å². The molecule has 124 valence electrons. The normalized spacial score (nSPS) is 15.0. The van der Waals surface area contributed by atoms with Gasteiger partial charge in [-0.1, -0.05) is 11.3 Å². The molecule has 1 saturated heterocycles. The molecule has 0 unspecified atom stereocenters. The summed E-state index contributed by atoms with van der Waals surface area (Å²) in [4.78, 5) is 4.61. The molecule has 0 radical (unpaired) electrons. The number of piperazine rings is 1. The molecule has 1 aliphatic rings. The van der Waals surface area contributed by atoms with E-state index >= 15 is 0 Å². The van der Waals surface area contributed by atoms with Gasteiger partial charge in [0.2, 0.25) is 5.13 Å². The van der Waals surface area contributed by atoms with Crippen LogP contribution in [0.2, 0.25) is 0 Å². The average molecular weight is 342 g/mol. The Hall–Kier alpha value is -2.61. The third-order valence-electron chi connectivity index (χ3n) is 4.14. The number of anilines is 2. The van der Waals surface area contributed by atoms with E-state index in [1.165, 1.54) is 5.69 Å². The molecule has 0 spiro atoms. The summed E-state index contributed by atoms with van der Waals surface area (Å²) in [6, 6.07) is 7.06. The van der Waals surface area contributed by atoms with Crippen molar-refractivity contribution >= 4 is 22.2 Å². The Kier molecular flexibility index (Phi) is 3.81. The maximum atomic E-state index is 9.38. The maximum absolute atomic E-state index is 9.38. The molecule has 1 N–H and O–H groups in total. The van der Waals surface area contributed by atoms with Crippen molar-refractivity contribution in [2.75, 3.05) is 36.0 Å². The molecule has 3 heterocycles. The zero-order valence-electron chi connectivity index (χ0n) is 13.3. The van der Waals surface area contributed by atoms with E-state index < -0.39 is 0 Å². The minimum atomic E-state index is 0.259. The second kappa shape index (κ2) is 6.12. The second-order valence-corrected chi connectivity index (χ2v) is 6.74. The summed E-state index contributed by atoms with van der Waals surface area (Å²) in [5.41, 5.74) is 2.14. The molecule has 8 heteroatoms. The Morgan fingerprint density at radius 3 is 2.38 bits per heavy atom. The molecule has 3 aromatic rings. The lowest BCUT2D eigenvalue weighted by atomic mass is 10.2. The number of aromatic nitrogens is 4. The lowest BCUT2D eigenvalue weighted by molar-refractivity contribution is 0.475. The van der Waals surface area contributed by atoms with Crippen LogP contribution >= 0.6 is 11.3 Å². The molecule has 1 aromatic carbocycles. The molecule has 0 amide bonds. The molecule has 1 aliphatic heterocycles. The summed E-state index contributed by atoms with van der Waals surface area (Å²) in [7, 11) is 1.94. The van der Waals surface area contributed by atoms with Crippen LogP contribution in [-0.2, 0) is 7.05 Å². The second-order valence-electron chi connectivity index (χ2n) is 5.78. The fourth-order valence-electron chi connectivity index (χ4n) is 2.79. The van der Waals surface area contributed by atoms with Gasteiger partial charge in [0, 0.05) is 45.0 Å². The van der Waals surface area contributed by atoms with E-state index in [-0.39, 0.29) is 5.75 Å². The number of rotatable bonds is 3. The summed E-state index contributed by atoms with van der Waals surface area (Å²) in [6.07, 6.45) is 3.95.